The van der Waals surface area contributed by atoms with E-state index in [1.165, 1.54) is 14.2 Å². The maximum Gasteiger partial charge on any atom is 0.187 e. The molecule has 0 N–H and O–H groups in total. The first kappa shape index (κ1) is 26.1. The Labute approximate surface area is 214 Å². The van der Waals surface area contributed by atoms with Crippen LogP contribution in [0.3, 0.4) is 0 Å². The number of hydrogen-bond acceptors (Lipinski definition) is 9. The molecule has 0 saturated heterocycles. The van der Waals surface area contributed by atoms with Gasteiger partial charge in [0.1, 0.15) is 34.5 Å². The Morgan fingerprint density at radius 2 is 1.65 bits per heavy atom. The van der Waals surface area contributed by atoms with Gasteiger partial charge in [0.15, 0.2) is 27.3 Å². The fraction of sp³-hybridized carbons (Fsp3) is 0.320. The summed E-state index contributed by atoms with van der Waals surface area (Å²) in [5.74, 6) is 0.595. The highest BCUT2D eigenvalue weighted by Crippen LogP contribution is 2.36. The molecule has 3 aromatic heterocycles. The molecule has 1 atom stereocenters. The van der Waals surface area contributed by atoms with Crippen molar-refractivity contribution in [1.29, 1.82) is 0 Å². The molecule has 0 unspecified atom stereocenters. The van der Waals surface area contributed by atoms with E-state index < -0.39 is 26.7 Å². The Kier molecular flexibility index (Phi) is 7.77. The molecule has 37 heavy (non-hydrogen) atoms. The van der Waals surface area contributed by atoms with Gasteiger partial charge in [-0.1, -0.05) is 19.1 Å². The predicted octanol–water partition coefficient (Wildman–Crippen LogP) is 3.38. The van der Waals surface area contributed by atoms with E-state index in [1.54, 1.807) is 35.8 Å². The van der Waals surface area contributed by atoms with Crippen molar-refractivity contribution in [2.24, 2.45) is 0 Å². The molecule has 4 rings (SSSR count). The van der Waals surface area contributed by atoms with E-state index in [-0.39, 0.29) is 18.1 Å². The van der Waals surface area contributed by atoms with Crippen molar-refractivity contribution < 1.29 is 22.3 Å². The standard InChI is InChI=1S/C25H27FN6O4S/c1-5-18-8-6-9-19(29-18)25-31-30-23(32(25)24-20(35-3)10-7-11-21(24)36-4)15-37(33,34)16(2)12-22-27-13-17(26)14-28-22/h6-11,13-14,16H,5,12,15H2,1-4H3/t16-/m0/s1. The average Bonchev–Trinajstić information content (AvgIpc) is 3.31. The third kappa shape index (κ3) is 5.58. The largest absolute Gasteiger partial charge is 0.494 e. The summed E-state index contributed by atoms with van der Waals surface area (Å²) in [7, 11) is -0.745. The van der Waals surface area contributed by atoms with E-state index in [0.717, 1.165) is 18.1 Å². The lowest BCUT2D eigenvalue weighted by Gasteiger charge is -2.18. The van der Waals surface area contributed by atoms with Crippen LogP contribution in [0, 0.1) is 5.82 Å². The van der Waals surface area contributed by atoms with E-state index in [1.807, 2.05) is 19.1 Å². The molecule has 0 fully saturated rings. The minimum atomic E-state index is -3.77. The molecule has 0 aliphatic carbocycles. The third-order valence-corrected chi connectivity index (χ3v) is 7.89. The minimum Gasteiger partial charge on any atom is -0.494 e. The van der Waals surface area contributed by atoms with Gasteiger partial charge in [-0.25, -0.2) is 27.8 Å². The maximum atomic E-state index is 13.4. The molecule has 0 spiro atoms. The van der Waals surface area contributed by atoms with Crippen LogP contribution >= 0.6 is 0 Å². The molecule has 10 nitrogen and oxygen atoms in total. The summed E-state index contributed by atoms with van der Waals surface area (Å²) in [5.41, 5.74) is 1.83. The summed E-state index contributed by atoms with van der Waals surface area (Å²) < 4.78 is 52.8. The number of hydrogen-bond donors (Lipinski definition) is 0. The molecule has 0 radical (unpaired) electrons. The topological polar surface area (TPSA) is 122 Å². The van der Waals surface area contributed by atoms with Crippen LogP contribution < -0.4 is 9.47 Å². The van der Waals surface area contributed by atoms with Gasteiger partial charge in [-0.15, -0.1) is 10.2 Å². The molecule has 4 aromatic rings. The van der Waals surface area contributed by atoms with Crippen molar-refractivity contribution in [3.63, 3.8) is 0 Å². The number of benzene rings is 1. The lowest BCUT2D eigenvalue weighted by Crippen LogP contribution is -2.24. The summed E-state index contributed by atoms with van der Waals surface area (Å²) in [4.78, 5) is 12.4. The Bertz CT molecular complexity index is 1470. The highest BCUT2D eigenvalue weighted by Gasteiger charge is 2.29. The molecular weight excluding hydrogens is 499 g/mol. The van der Waals surface area contributed by atoms with Gasteiger partial charge in [0.05, 0.1) is 31.9 Å². The van der Waals surface area contributed by atoms with Gasteiger partial charge in [-0.2, -0.15) is 0 Å². The highest BCUT2D eigenvalue weighted by molar-refractivity contribution is 7.91. The average molecular weight is 527 g/mol. The summed E-state index contributed by atoms with van der Waals surface area (Å²) in [5, 5.41) is 7.73. The zero-order valence-electron chi connectivity index (χ0n) is 20.9. The maximum absolute atomic E-state index is 13.4. The summed E-state index contributed by atoms with van der Waals surface area (Å²) >= 11 is 0. The van der Waals surface area contributed by atoms with E-state index >= 15 is 0 Å². The second-order valence-electron chi connectivity index (χ2n) is 8.29. The summed E-state index contributed by atoms with van der Waals surface area (Å²) in [6.07, 6.45) is 2.75. The predicted molar refractivity (Wildman–Crippen MR) is 135 cm³/mol. The molecule has 0 amide bonds. The van der Waals surface area contributed by atoms with Crippen LogP contribution in [0.2, 0.25) is 0 Å². The third-order valence-electron chi connectivity index (χ3n) is 5.84. The Hall–Kier alpha value is -3.93. The van der Waals surface area contributed by atoms with Crippen molar-refractivity contribution in [2.75, 3.05) is 14.2 Å². The molecule has 3 heterocycles. The summed E-state index contributed by atoms with van der Waals surface area (Å²) in [6, 6.07) is 10.8. The van der Waals surface area contributed by atoms with E-state index in [0.29, 0.717) is 35.1 Å². The molecule has 1 aromatic carbocycles. The first-order chi connectivity index (χ1) is 17.8. The van der Waals surface area contributed by atoms with Crippen LogP contribution in [0.4, 0.5) is 4.39 Å². The Morgan fingerprint density at radius 3 is 2.27 bits per heavy atom. The molecular formula is C25H27FN6O4S. The SMILES string of the molecule is CCc1cccc(-c2nnc(CS(=O)(=O)[C@@H](C)Cc3ncc(F)cn3)n2-c2c(OC)cccc2OC)n1. The quantitative estimate of drug-likeness (QED) is 0.306. The number of aromatic nitrogens is 6. The van der Waals surface area contributed by atoms with Crippen LogP contribution in [-0.4, -0.2) is 57.6 Å². The monoisotopic (exact) mass is 526 g/mol. The van der Waals surface area contributed by atoms with E-state index in [2.05, 4.69) is 25.1 Å². The van der Waals surface area contributed by atoms with Crippen LogP contribution in [0.1, 0.15) is 31.2 Å². The van der Waals surface area contributed by atoms with Crippen molar-refractivity contribution in [3.8, 4) is 28.7 Å². The van der Waals surface area contributed by atoms with E-state index in [9.17, 15) is 12.8 Å². The highest BCUT2D eigenvalue weighted by atomic mass is 32.2. The van der Waals surface area contributed by atoms with Gasteiger partial charge in [0.2, 0.25) is 0 Å². The summed E-state index contributed by atoms with van der Waals surface area (Å²) in [6.45, 7) is 3.55. The van der Waals surface area contributed by atoms with Crippen LogP contribution in [0.25, 0.3) is 17.2 Å². The van der Waals surface area contributed by atoms with Crippen molar-refractivity contribution >= 4 is 9.84 Å². The number of sulfone groups is 1. The number of pyridine rings is 1. The Morgan fingerprint density at radius 1 is 1.00 bits per heavy atom. The van der Waals surface area contributed by atoms with Crippen molar-refractivity contribution in [3.05, 3.63) is 72.0 Å². The van der Waals surface area contributed by atoms with Gasteiger partial charge in [-0.3, -0.25) is 4.57 Å². The molecule has 0 aliphatic heterocycles. The molecule has 0 bridgehead atoms. The normalized spacial score (nSPS) is 12.4. The lowest BCUT2D eigenvalue weighted by atomic mass is 10.2. The smallest absolute Gasteiger partial charge is 0.187 e. The van der Waals surface area contributed by atoms with Gasteiger partial charge in [0, 0.05) is 12.1 Å². The molecule has 194 valence electrons. The van der Waals surface area contributed by atoms with Crippen molar-refractivity contribution in [2.45, 2.75) is 37.7 Å². The minimum absolute atomic E-state index is 0.0156. The van der Waals surface area contributed by atoms with Crippen LogP contribution in [0.5, 0.6) is 11.5 Å². The first-order valence-electron chi connectivity index (χ1n) is 11.6. The zero-order valence-corrected chi connectivity index (χ0v) is 21.7. The fourth-order valence-corrected chi connectivity index (χ4v) is 5.05. The van der Waals surface area contributed by atoms with Crippen molar-refractivity contribution in [1.82, 2.24) is 29.7 Å². The second kappa shape index (κ2) is 11.0. The second-order valence-corrected chi connectivity index (χ2v) is 10.7. The van der Waals surface area contributed by atoms with E-state index in [4.69, 9.17) is 9.47 Å². The number of rotatable bonds is 10. The molecule has 0 aliphatic rings. The van der Waals surface area contributed by atoms with Gasteiger partial charge >= 0.3 is 0 Å². The number of ether oxygens (including phenoxy) is 2. The number of aryl methyl sites for hydroxylation is 1. The number of para-hydroxylation sites is 1. The Balaban J connectivity index is 1.82. The number of nitrogens with zero attached hydrogens (tertiary/aromatic N) is 6. The fourth-order valence-electron chi connectivity index (χ4n) is 3.81. The lowest BCUT2D eigenvalue weighted by molar-refractivity contribution is 0.390. The van der Waals surface area contributed by atoms with Gasteiger partial charge < -0.3 is 9.47 Å². The zero-order chi connectivity index (χ0) is 26.6. The molecule has 12 heteroatoms. The molecule has 0 saturated carbocycles. The van der Waals surface area contributed by atoms with Gasteiger partial charge in [-0.05, 0) is 37.6 Å². The number of halogens is 1. The number of methoxy groups -OCH3 is 2. The van der Waals surface area contributed by atoms with Crippen LogP contribution in [-0.2, 0) is 28.4 Å². The first-order valence-corrected chi connectivity index (χ1v) is 13.3. The van der Waals surface area contributed by atoms with Crippen LogP contribution in [0.15, 0.2) is 48.8 Å². The van der Waals surface area contributed by atoms with Gasteiger partial charge in [0.25, 0.3) is 0 Å².